The van der Waals surface area contributed by atoms with Crippen LogP contribution in [0.15, 0.2) is 18.2 Å². The SMILES string of the molecule is COC(=O)C1CN(c2cc(C)ccc2[N+](=O)[O-])CCO1. The Labute approximate surface area is 116 Å². The smallest absolute Gasteiger partial charge is 0.336 e. The lowest BCUT2D eigenvalue weighted by Crippen LogP contribution is -2.46. The molecule has 1 aromatic carbocycles. The average Bonchev–Trinajstić information content (AvgIpc) is 2.46. The number of nitro groups is 1. The summed E-state index contributed by atoms with van der Waals surface area (Å²) >= 11 is 0. The van der Waals surface area contributed by atoms with Gasteiger partial charge in [0, 0.05) is 12.6 Å². The molecule has 0 amide bonds. The number of methoxy groups -OCH3 is 1. The molecule has 1 aromatic rings. The quantitative estimate of drug-likeness (QED) is 0.471. The molecule has 0 N–H and O–H groups in total. The Hall–Kier alpha value is -2.15. The van der Waals surface area contributed by atoms with Crippen molar-refractivity contribution in [3.05, 3.63) is 33.9 Å². The van der Waals surface area contributed by atoms with Crippen LogP contribution in [-0.4, -0.2) is 43.8 Å². The molecule has 7 nitrogen and oxygen atoms in total. The molecule has 2 rings (SSSR count). The first-order valence-electron chi connectivity index (χ1n) is 6.22. The molecule has 1 atom stereocenters. The number of anilines is 1. The van der Waals surface area contributed by atoms with Crippen LogP contribution >= 0.6 is 0 Å². The maximum atomic E-state index is 11.5. The number of nitrogens with zero attached hydrogens (tertiary/aromatic N) is 2. The summed E-state index contributed by atoms with van der Waals surface area (Å²) in [4.78, 5) is 24.0. The zero-order valence-electron chi connectivity index (χ0n) is 11.4. The number of benzene rings is 1. The third kappa shape index (κ3) is 2.88. The van der Waals surface area contributed by atoms with Crippen LogP contribution < -0.4 is 4.90 Å². The standard InChI is InChI=1S/C13H16N2O5/c1-9-3-4-10(15(17)18)11(7-9)14-5-6-20-12(8-14)13(16)19-2/h3-4,7,12H,5-6,8H2,1-2H3. The van der Waals surface area contributed by atoms with Crippen molar-refractivity contribution in [2.24, 2.45) is 0 Å². The van der Waals surface area contributed by atoms with Crippen molar-refractivity contribution in [3.63, 3.8) is 0 Å². The molecule has 1 unspecified atom stereocenters. The highest BCUT2D eigenvalue weighted by molar-refractivity contribution is 5.76. The van der Waals surface area contributed by atoms with Crippen molar-refractivity contribution in [1.82, 2.24) is 0 Å². The van der Waals surface area contributed by atoms with Gasteiger partial charge < -0.3 is 14.4 Å². The van der Waals surface area contributed by atoms with Crippen molar-refractivity contribution in [2.45, 2.75) is 13.0 Å². The maximum Gasteiger partial charge on any atom is 0.336 e. The Kier molecular flexibility index (Phi) is 4.19. The van der Waals surface area contributed by atoms with Gasteiger partial charge in [0.1, 0.15) is 5.69 Å². The van der Waals surface area contributed by atoms with Crippen LogP contribution in [0.25, 0.3) is 0 Å². The second-order valence-electron chi connectivity index (χ2n) is 4.58. The van der Waals surface area contributed by atoms with Gasteiger partial charge in [-0.3, -0.25) is 10.1 Å². The van der Waals surface area contributed by atoms with Crippen molar-refractivity contribution in [1.29, 1.82) is 0 Å². The summed E-state index contributed by atoms with van der Waals surface area (Å²) in [6.07, 6.45) is -0.714. The summed E-state index contributed by atoms with van der Waals surface area (Å²) in [5, 5.41) is 11.1. The fourth-order valence-corrected chi connectivity index (χ4v) is 2.18. The number of nitro benzene ring substituents is 1. The maximum absolute atomic E-state index is 11.5. The van der Waals surface area contributed by atoms with Gasteiger partial charge in [-0.2, -0.15) is 0 Å². The van der Waals surface area contributed by atoms with E-state index in [0.717, 1.165) is 5.56 Å². The fourth-order valence-electron chi connectivity index (χ4n) is 2.18. The van der Waals surface area contributed by atoms with E-state index in [9.17, 15) is 14.9 Å². The molecule has 0 aromatic heterocycles. The molecule has 1 aliphatic heterocycles. The molecule has 0 bridgehead atoms. The Bertz CT molecular complexity index is 531. The minimum atomic E-state index is -0.714. The van der Waals surface area contributed by atoms with Gasteiger partial charge in [-0.15, -0.1) is 0 Å². The first kappa shape index (κ1) is 14.3. The third-order valence-electron chi connectivity index (χ3n) is 3.20. The Morgan fingerprint density at radius 3 is 2.95 bits per heavy atom. The lowest BCUT2D eigenvalue weighted by molar-refractivity contribution is -0.384. The summed E-state index contributed by atoms with van der Waals surface area (Å²) < 4.78 is 9.98. The van der Waals surface area contributed by atoms with Gasteiger partial charge in [0.15, 0.2) is 6.10 Å². The van der Waals surface area contributed by atoms with Gasteiger partial charge in [0.05, 0.1) is 25.2 Å². The van der Waals surface area contributed by atoms with Gasteiger partial charge >= 0.3 is 5.97 Å². The van der Waals surface area contributed by atoms with Crippen LogP contribution in [0, 0.1) is 17.0 Å². The minimum Gasteiger partial charge on any atom is -0.467 e. The molecular weight excluding hydrogens is 264 g/mol. The lowest BCUT2D eigenvalue weighted by atomic mass is 10.1. The highest BCUT2D eigenvalue weighted by Crippen LogP contribution is 2.30. The van der Waals surface area contributed by atoms with Crippen molar-refractivity contribution in [3.8, 4) is 0 Å². The van der Waals surface area contributed by atoms with E-state index < -0.39 is 17.0 Å². The number of carbonyl (C=O) groups is 1. The minimum absolute atomic E-state index is 0.0288. The number of hydrogen-bond donors (Lipinski definition) is 0. The van der Waals surface area contributed by atoms with Gasteiger partial charge in [-0.1, -0.05) is 6.07 Å². The van der Waals surface area contributed by atoms with Gasteiger partial charge in [0.25, 0.3) is 5.69 Å². The van der Waals surface area contributed by atoms with E-state index in [2.05, 4.69) is 4.74 Å². The normalized spacial score (nSPS) is 18.7. The van der Waals surface area contributed by atoms with Crippen molar-refractivity contribution in [2.75, 3.05) is 31.7 Å². The molecule has 1 fully saturated rings. The number of morpholine rings is 1. The first-order chi connectivity index (χ1) is 9.52. The summed E-state index contributed by atoms with van der Waals surface area (Å²) in [6, 6.07) is 4.92. The molecule has 0 saturated carbocycles. The number of hydrogen-bond acceptors (Lipinski definition) is 6. The van der Waals surface area contributed by atoms with Crippen LogP contribution in [0.2, 0.25) is 0 Å². The average molecular weight is 280 g/mol. The van der Waals surface area contributed by atoms with Crippen LogP contribution in [0.4, 0.5) is 11.4 Å². The lowest BCUT2D eigenvalue weighted by Gasteiger charge is -2.32. The Morgan fingerprint density at radius 1 is 1.55 bits per heavy atom. The fraction of sp³-hybridized carbons (Fsp3) is 0.462. The molecule has 0 aliphatic carbocycles. The summed E-state index contributed by atoms with van der Waals surface area (Å²) in [5.74, 6) is -0.468. The van der Waals surface area contributed by atoms with Gasteiger partial charge in [-0.25, -0.2) is 4.79 Å². The largest absolute Gasteiger partial charge is 0.467 e. The zero-order valence-corrected chi connectivity index (χ0v) is 11.4. The summed E-state index contributed by atoms with van der Waals surface area (Å²) in [7, 11) is 1.29. The Balaban J connectivity index is 2.28. The summed E-state index contributed by atoms with van der Waals surface area (Å²) in [6.45, 7) is 2.94. The topological polar surface area (TPSA) is 81.9 Å². The van der Waals surface area contributed by atoms with Crippen molar-refractivity contribution >= 4 is 17.3 Å². The molecule has 1 heterocycles. The summed E-state index contributed by atoms with van der Waals surface area (Å²) in [5.41, 5.74) is 1.46. The van der Waals surface area contributed by atoms with Crippen LogP contribution in [-0.2, 0) is 14.3 Å². The van der Waals surface area contributed by atoms with E-state index in [4.69, 9.17) is 4.74 Å². The molecule has 20 heavy (non-hydrogen) atoms. The number of esters is 1. The predicted molar refractivity (Wildman–Crippen MR) is 71.8 cm³/mol. The monoisotopic (exact) mass is 280 g/mol. The molecule has 0 radical (unpaired) electrons. The molecule has 7 heteroatoms. The van der Waals surface area contributed by atoms with Crippen molar-refractivity contribution < 1.29 is 19.2 Å². The van der Waals surface area contributed by atoms with Gasteiger partial charge in [-0.05, 0) is 18.6 Å². The predicted octanol–water partition coefficient (Wildman–Crippen LogP) is 1.28. The third-order valence-corrected chi connectivity index (χ3v) is 3.20. The van der Waals surface area contributed by atoms with E-state index in [1.165, 1.54) is 13.2 Å². The molecule has 1 saturated heterocycles. The highest BCUT2D eigenvalue weighted by Gasteiger charge is 2.30. The Morgan fingerprint density at radius 2 is 2.30 bits per heavy atom. The second kappa shape index (κ2) is 5.87. The number of carbonyl (C=O) groups excluding carboxylic acids is 1. The van der Waals surface area contributed by atoms with Crippen LogP contribution in [0.5, 0.6) is 0 Å². The first-order valence-corrected chi connectivity index (χ1v) is 6.22. The van der Waals surface area contributed by atoms with Gasteiger partial charge in [0.2, 0.25) is 0 Å². The van der Waals surface area contributed by atoms with Crippen LogP contribution in [0.1, 0.15) is 5.56 Å². The van der Waals surface area contributed by atoms with E-state index >= 15 is 0 Å². The van der Waals surface area contributed by atoms with E-state index in [0.29, 0.717) is 18.8 Å². The number of aryl methyl sites for hydroxylation is 1. The molecule has 0 spiro atoms. The second-order valence-corrected chi connectivity index (χ2v) is 4.58. The molecule has 108 valence electrons. The van der Waals surface area contributed by atoms with Crippen LogP contribution in [0.3, 0.4) is 0 Å². The van der Waals surface area contributed by atoms with E-state index in [1.807, 2.05) is 6.92 Å². The number of rotatable bonds is 3. The highest BCUT2D eigenvalue weighted by atomic mass is 16.6. The molecular formula is C13H16N2O5. The van der Waals surface area contributed by atoms with E-state index in [1.54, 1.807) is 17.0 Å². The molecule has 1 aliphatic rings. The zero-order chi connectivity index (χ0) is 14.7. The number of ether oxygens (including phenoxy) is 2. The van der Waals surface area contributed by atoms with E-state index in [-0.39, 0.29) is 12.2 Å².